The smallest absolute Gasteiger partial charge is 0.145 e. The van der Waals surface area contributed by atoms with Crippen molar-refractivity contribution < 1.29 is 4.74 Å². The van der Waals surface area contributed by atoms with Crippen LogP contribution < -0.4 is 10.1 Å². The summed E-state index contributed by atoms with van der Waals surface area (Å²) in [5.41, 5.74) is 2.26. The van der Waals surface area contributed by atoms with Gasteiger partial charge in [-0.3, -0.25) is 4.98 Å². The number of pyridine rings is 1. The van der Waals surface area contributed by atoms with E-state index in [1.54, 1.807) is 23.7 Å². The van der Waals surface area contributed by atoms with Crippen LogP contribution in [0.3, 0.4) is 0 Å². The van der Waals surface area contributed by atoms with E-state index in [-0.39, 0.29) is 5.54 Å². The van der Waals surface area contributed by atoms with Gasteiger partial charge in [-0.25, -0.2) is 4.98 Å². The Bertz CT molecular complexity index is 856. The summed E-state index contributed by atoms with van der Waals surface area (Å²) in [6.07, 6.45) is 8.28. The largest absolute Gasteiger partial charge is 0.455 e. The van der Waals surface area contributed by atoms with Crippen LogP contribution >= 0.6 is 11.3 Å². The van der Waals surface area contributed by atoms with Gasteiger partial charge >= 0.3 is 0 Å². The van der Waals surface area contributed by atoms with E-state index in [1.165, 1.54) is 17.8 Å². The Morgan fingerprint density at radius 2 is 2.00 bits per heavy atom. The number of thiazole rings is 1. The quantitative estimate of drug-likeness (QED) is 0.652. The number of rotatable bonds is 6. The molecule has 134 valence electrons. The number of hydrogen-bond donors (Lipinski definition) is 1. The lowest BCUT2D eigenvalue weighted by Gasteiger charge is -2.29. The number of para-hydroxylation sites is 1. The first-order chi connectivity index (χ1) is 12.8. The maximum Gasteiger partial charge on any atom is 0.145 e. The summed E-state index contributed by atoms with van der Waals surface area (Å²) in [6.45, 7) is 2.83. The summed E-state index contributed by atoms with van der Waals surface area (Å²) in [6, 6.07) is 12.0. The van der Waals surface area contributed by atoms with Gasteiger partial charge in [0.05, 0.1) is 11.7 Å². The molecule has 1 aliphatic rings. The molecule has 1 fully saturated rings. The van der Waals surface area contributed by atoms with E-state index in [0.29, 0.717) is 0 Å². The number of hydrogen-bond acceptors (Lipinski definition) is 5. The highest BCUT2D eigenvalue weighted by atomic mass is 32.1. The summed E-state index contributed by atoms with van der Waals surface area (Å²) in [5, 5.41) is 7.19. The van der Waals surface area contributed by atoms with Gasteiger partial charge in [0, 0.05) is 29.4 Å². The molecule has 1 saturated carbocycles. The first kappa shape index (κ1) is 17.2. The normalized spacial score (nSPS) is 15.9. The fourth-order valence-electron chi connectivity index (χ4n) is 3.57. The average Bonchev–Trinajstić information content (AvgIpc) is 3.32. The van der Waals surface area contributed by atoms with Crippen molar-refractivity contribution >= 4 is 11.3 Å². The molecule has 0 atom stereocenters. The average molecular weight is 366 g/mol. The van der Waals surface area contributed by atoms with Crippen molar-refractivity contribution in [2.75, 3.05) is 0 Å². The van der Waals surface area contributed by atoms with Gasteiger partial charge in [0.15, 0.2) is 0 Å². The minimum Gasteiger partial charge on any atom is -0.455 e. The van der Waals surface area contributed by atoms with Crippen LogP contribution in [0.1, 0.15) is 41.9 Å². The maximum absolute atomic E-state index is 6.05. The van der Waals surface area contributed by atoms with E-state index >= 15 is 0 Å². The van der Waals surface area contributed by atoms with Crippen molar-refractivity contribution in [3.8, 4) is 11.5 Å². The van der Waals surface area contributed by atoms with Crippen LogP contribution in [0.4, 0.5) is 0 Å². The van der Waals surface area contributed by atoms with Crippen molar-refractivity contribution in [3.05, 3.63) is 70.4 Å². The fraction of sp³-hybridized carbons (Fsp3) is 0.333. The topological polar surface area (TPSA) is 47.0 Å². The van der Waals surface area contributed by atoms with Crippen molar-refractivity contribution in [2.45, 2.75) is 44.7 Å². The molecule has 3 aromatic rings. The Kier molecular flexibility index (Phi) is 5.00. The Hall–Kier alpha value is -2.24. The van der Waals surface area contributed by atoms with Crippen molar-refractivity contribution in [3.63, 3.8) is 0 Å². The van der Waals surface area contributed by atoms with Crippen LogP contribution in [0.25, 0.3) is 0 Å². The predicted octanol–water partition coefficient (Wildman–Crippen LogP) is 5.20. The molecular weight excluding hydrogens is 342 g/mol. The van der Waals surface area contributed by atoms with Crippen LogP contribution in [0, 0.1) is 6.92 Å². The zero-order valence-electron chi connectivity index (χ0n) is 14.9. The molecule has 0 unspecified atom stereocenters. The number of aryl methyl sites for hydroxylation is 1. The molecule has 1 aliphatic carbocycles. The molecule has 5 heteroatoms. The zero-order chi connectivity index (χ0) is 17.8. The second kappa shape index (κ2) is 7.56. The lowest BCUT2D eigenvalue weighted by molar-refractivity contribution is 0.334. The molecule has 2 aromatic heterocycles. The van der Waals surface area contributed by atoms with Gasteiger partial charge in [0.2, 0.25) is 0 Å². The molecule has 1 N–H and O–H groups in total. The Balaban J connectivity index is 1.54. The summed E-state index contributed by atoms with van der Waals surface area (Å²) in [7, 11) is 0. The number of ether oxygens (including phenoxy) is 1. The standard InChI is InChI=1S/C21H23N3OS/c1-16-15-26-20(24-16)21(10-4-5-11-21)23-13-17-7-2-3-9-19(17)25-18-8-6-12-22-14-18/h2-3,6-9,12,14-15,23H,4-5,10-11,13H2,1H3. The molecular formula is C21H23N3OS. The van der Waals surface area contributed by atoms with Gasteiger partial charge in [-0.15, -0.1) is 11.3 Å². The van der Waals surface area contributed by atoms with Crippen molar-refractivity contribution in [1.82, 2.24) is 15.3 Å². The molecule has 2 heterocycles. The third-order valence-corrected chi connectivity index (χ3v) is 6.10. The molecule has 26 heavy (non-hydrogen) atoms. The van der Waals surface area contributed by atoms with E-state index in [4.69, 9.17) is 9.72 Å². The number of aromatic nitrogens is 2. The lowest BCUT2D eigenvalue weighted by Crippen LogP contribution is -2.39. The summed E-state index contributed by atoms with van der Waals surface area (Å²) < 4.78 is 6.05. The highest BCUT2D eigenvalue weighted by Gasteiger charge is 2.37. The molecule has 0 amide bonds. The lowest BCUT2D eigenvalue weighted by atomic mass is 9.97. The molecule has 1 aromatic carbocycles. The van der Waals surface area contributed by atoms with Gasteiger partial charge in [0.1, 0.15) is 16.5 Å². The second-order valence-corrected chi connectivity index (χ2v) is 7.69. The van der Waals surface area contributed by atoms with Crippen LogP contribution in [0.15, 0.2) is 54.2 Å². The second-order valence-electron chi connectivity index (χ2n) is 6.84. The number of benzene rings is 1. The Morgan fingerprint density at radius 3 is 2.73 bits per heavy atom. The van der Waals surface area contributed by atoms with Crippen molar-refractivity contribution in [2.24, 2.45) is 0 Å². The first-order valence-corrected chi connectivity index (χ1v) is 9.97. The zero-order valence-corrected chi connectivity index (χ0v) is 15.8. The molecule has 0 bridgehead atoms. The van der Waals surface area contributed by atoms with Crippen LogP contribution in [-0.4, -0.2) is 9.97 Å². The molecule has 0 radical (unpaired) electrons. The van der Waals surface area contributed by atoms with E-state index < -0.39 is 0 Å². The van der Waals surface area contributed by atoms with Gasteiger partial charge in [-0.2, -0.15) is 0 Å². The fourth-order valence-corrected chi connectivity index (χ4v) is 4.60. The van der Waals surface area contributed by atoms with E-state index in [2.05, 4.69) is 34.7 Å². The van der Waals surface area contributed by atoms with Gasteiger partial charge in [-0.05, 0) is 38.0 Å². The van der Waals surface area contributed by atoms with Gasteiger partial charge in [-0.1, -0.05) is 31.0 Å². The highest BCUT2D eigenvalue weighted by Crippen LogP contribution is 2.40. The monoisotopic (exact) mass is 365 g/mol. The summed E-state index contributed by atoms with van der Waals surface area (Å²) in [5.74, 6) is 1.63. The van der Waals surface area contributed by atoms with Gasteiger partial charge in [0.25, 0.3) is 0 Å². The van der Waals surface area contributed by atoms with Crippen LogP contribution in [0.2, 0.25) is 0 Å². The van der Waals surface area contributed by atoms with Crippen LogP contribution in [-0.2, 0) is 12.1 Å². The maximum atomic E-state index is 6.05. The highest BCUT2D eigenvalue weighted by molar-refractivity contribution is 7.09. The van der Waals surface area contributed by atoms with Crippen LogP contribution in [0.5, 0.6) is 11.5 Å². The Morgan fingerprint density at radius 1 is 1.15 bits per heavy atom. The minimum absolute atomic E-state index is 0.000338. The molecule has 0 spiro atoms. The Labute approximate surface area is 158 Å². The van der Waals surface area contributed by atoms with E-state index in [1.807, 2.05) is 24.3 Å². The SMILES string of the molecule is Cc1csc(C2(NCc3ccccc3Oc3cccnc3)CCCC2)n1. The van der Waals surface area contributed by atoms with E-state index in [0.717, 1.165) is 42.1 Å². The summed E-state index contributed by atoms with van der Waals surface area (Å²) >= 11 is 1.77. The minimum atomic E-state index is 0.000338. The third-order valence-electron chi connectivity index (χ3n) is 4.94. The summed E-state index contributed by atoms with van der Waals surface area (Å²) in [4.78, 5) is 8.91. The van der Waals surface area contributed by atoms with Crippen molar-refractivity contribution in [1.29, 1.82) is 0 Å². The predicted molar refractivity (Wildman–Crippen MR) is 105 cm³/mol. The molecule has 4 rings (SSSR count). The van der Waals surface area contributed by atoms with Gasteiger partial charge < -0.3 is 10.1 Å². The number of nitrogens with one attached hydrogen (secondary N) is 1. The molecule has 4 nitrogen and oxygen atoms in total. The molecule has 0 aliphatic heterocycles. The third kappa shape index (κ3) is 3.64. The molecule has 0 saturated heterocycles. The van der Waals surface area contributed by atoms with E-state index in [9.17, 15) is 0 Å². The first-order valence-electron chi connectivity index (χ1n) is 9.09. The number of nitrogens with zero attached hydrogens (tertiary/aromatic N) is 2.